The Balaban J connectivity index is 0. The molecule has 0 aliphatic rings. The maximum absolute atomic E-state index is 0. The van der Waals surface area contributed by atoms with E-state index in [0.29, 0.717) is 0 Å². The van der Waals surface area contributed by atoms with Gasteiger partial charge < -0.3 is 23.7 Å². The minimum Gasteiger partial charge on any atom is -1.00 e. The zero-order valence-corrected chi connectivity index (χ0v) is 7.67. The second-order valence-electron chi connectivity index (χ2n) is 0. The van der Waals surface area contributed by atoms with Crippen molar-refractivity contribution in [3.8, 4) is 0 Å². The number of hydrogen-bond donors (Lipinski definition) is 0. The van der Waals surface area contributed by atoms with E-state index in [2.05, 4.69) is 0 Å². The standard InChI is InChI=1S/3CH3.Li.Zn.H/h3*1H3;;;/q3*-1;+1;;-1. The van der Waals surface area contributed by atoms with E-state index < -0.39 is 0 Å². The van der Waals surface area contributed by atoms with Gasteiger partial charge in [0, 0.05) is 19.5 Å². The monoisotopic (exact) mass is 117 g/mol. The first-order valence-electron chi connectivity index (χ1n) is 0. The average Bonchev–Trinajstić information content (AvgIpc) is 0. The fourth-order valence-corrected chi connectivity index (χ4v) is 0. The van der Waals surface area contributed by atoms with Crippen molar-refractivity contribution in [3.05, 3.63) is 22.3 Å². The van der Waals surface area contributed by atoms with E-state index in [1.54, 1.807) is 0 Å². The Hall–Kier alpha value is 1.22. The zero-order valence-electron chi connectivity index (χ0n) is 5.71. The van der Waals surface area contributed by atoms with Crippen molar-refractivity contribution in [1.82, 2.24) is 0 Å². The molecule has 28 valence electrons. The molecule has 0 spiro atoms. The van der Waals surface area contributed by atoms with Gasteiger partial charge in [-0.2, -0.15) is 0 Å². The van der Waals surface area contributed by atoms with Gasteiger partial charge in [0.15, 0.2) is 0 Å². The molecule has 0 saturated carbocycles. The van der Waals surface area contributed by atoms with Crippen LogP contribution in [0.25, 0.3) is 0 Å². The average molecular weight is 118 g/mol. The Morgan fingerprint density at radius 1 is 0.800 bits per heavy atom. The largest absolute Gasteiger partial charge is 1.00 e. The molecule has 0 aliphatic carbocycles. The first-order valence-corrected chi connectivity index (χ1v) is 0. The molecule has 0 rings (SSSR count). The van der Waals surface area contributed by atoms with Crippen molar-refractivity contribution in [2.45, 2.75) is 0 Å². The van der Waals surface area contributed by atoms with Gasteiger partial charge >= 0.3 is 18.9 Å². The summed E-state index contributed by atoms with van der Waals surface area (Å²) in [6, 6.07) is 0. The predicted octanol–water partition coefficient (Wildman–Crippen LogP) is -1.54. The summed E-state index contributed by atoms with van der Waals surface area (Å²) in [5.74, 6) is 0. The van der Waals surface area contributed by atoms with Crippen molar-refractivity contribution in [2.75, 3.05) is 0 Å². The van der Waals surface area contributed by atoms with Crippen LogP contribution in [0.2, 0.25) is 0 Å². The van der Waals surface area contributed by atoms with Gasteiger partial charge in [0.1, 0.15) is 0 Å². The molecule has 0 N–H and O–H groups in total. The molecule has 0 aliphatic heterocycles. The predicted molar refractivity (Wildman–Crippen MR) is 20.4 cm³/mol. The first-order chi connectivity index (χ1) is 0. The smallest absolute Gasteiger partial charge is 1.00 e. The molecule has 0 atom stereocenters. The maximum Gasteiger partial charge on any atom is 1.00 e. The molecule has 0 bridgehead atoms. The maximum atomic E-state index is 0. The minimum atomic E-state index is 0. The molecule has 0 aromatic carbocycles. The van der Waals surface area contributed by atoms with Crippen molar-refractivity contribution in [1.29, 1.82) is 0 Å². The van der Waals surface area contributed by atoms with Gasteiger partial charge in [-0.3, -0.25) is 0 Å². The van der Waals surface area contributed by atoms with Gasteiger partial charge in [-0.25, -0.2) is 0 Å². The van der Waals surface area contributed by atoms with Crippen LogP contribution in [-0.4, -0.2) is 0 Å². The molecule has 0 amide bonds. The second kappa shape index (κ2) is 62.4. The molecule has 5 heavy (non-hydrogen) atoms. The normalized spacial score (nSPS) is 0. The van der Waals surface area contributed by atoms with E-state index in [1.807, 2.05) is 0 Å². The summed E-state index contributed by atoms with van der Waals surface area (Å²) >= 11 is 0. The van der Waals surface area contributed by atoms with Crippen molar-refractivity contribution in [3.63, 3.8) is 0 Å². The summed E-state index contributed by atoms with van der Waals surface area (Å²) in [6.07, 6.45) is 0. The molecule has 0 aromatic heterocycles. The Morgan fingerprint density at radius 3 is 0.800 bits per heavy atom. The van der Waals surface area contributed by atoms with E-state index in [1.165, 1.54) is 0 Å². The molecule has 0 nitrogen and oxygen atoms in total. The quantitative estimate of drug-likeness (QED) is 0.267. The second-order valence-corrected chi connectivity index (χ2v) is 0. The fourth-order valence-electron chi connectivity index (χ4n) is 0. The van der Waals surface area contributed by atoms with Gasteiger partial charge in [-0.15, -0.1) is 0 Å². The van der Waals surface area contributed by atoms with Crippen LogP contribution in [0.4, 0.5) is 0 Å². The van der Waals surface area contributed by atoms with E-state index in [9.17, 15) is 0 Å². The summed E-state index contributed by atoms with van der Waals surface area (Å²) in [6.45, 7) is 0. The van der Waals surface area contributed by atoms with E-state index in [0.717, 1.165) is 0 Å². The molecule has 0 unspecified atom stereocenters. The molecule has 0 heterocycles. The number of rotatable bonds is 0. The fraction of sp³-hybridized carbons (Fsp3) is 0. The van der Waals surface area contributed by atoms with Crippen LogP contribution in [0.15, 0.2) is 0 Å². The van der Waals surface area contributed by atoms with E-state index in [4.69, 9.17) is 0 Å². The zero-order chi connectivity index (χ0) is 0. The first kappa shape index (κ1) is 114. The third kappa shape index (κ3) is 36.3. The summed E-state index contributed by atoms with van der Waals surface area (Å²) in [7, 11) is 0. The Kier molecular flexibility index (Phi) is 1420. The third-order valence-electron chi connectivity index (χ3n) is 0. The van der Waals surface area contributed by atoms with Gasteiger partial charge in [0.05, 0.1) is 0 Å². The van der Waals surface area contributed by atoms with E-state index in [-0.39, 0.29) is 62.0 Å². The molecular formula is C3H10LiZn-3. The van der Waals surface area contributed by atoms with Crippen LogP contribution in [0.5, 0.6) is 0 Å². The molecule has 0 radical (unpaired) electrons. The Labute approximate surface area is 62.1 Å². The molecule has 0 fully saturated rings. The molecular weight excluding hydrogens is 108 g/mol. The van der Waals surface area contributed by atoms with Gasteiger partial charge in [0.25, 0.3) is 0 Å². The summed E-state index contributed by atoms with van der Waals surface area (Å²) in [5, 5.41) is 0. The summed E-state index contributed by atoms with van der Waals surface area (Å²) in [4.78, 5) is 0. The van der Waals surface area contributed by atoms with Crippen molar-refractivity contribution in [2.24, 2.45) is 0 Å². The van der Waals surface area contributed by atoms with Crippen LogP contribution in [0.3, 0.4) is 0 Å². The van der Waals surface area contributed by atoms with Crippen molar-refractivity contribution < 1.29 is 39.8 Å². The molecule has 2 heteroatoms. The number of hydrogen-bond acceptors (Lipinski definition) is 0. The van der Waals surface area contributed by atoms with Crippen LogP contribution in [0, 0.1) is 22.3 Å². The van der Waals surface area contributed by atoms with Crippen LogP contribution < -0.4 is 18.9 Å². The Bertz CT molecular complexity index is 10.8. The van der Waals surface area contributed by atoms with Gasteiger partial charge in [0.2, 0.25) is 0 Å². The molecule has 0 saturated heterocycles. The van der Waals surface area contributed by atoms with Crippen LogP contribution in [0.1, 0.15) is 1.43 Å². The summed E-state index contributed by atoms with van der Waals surface area (Å²) in [5.41, 5.74) is 0. The van der Waals surface area contributed by atoms with Crippen LogP contribution in [-0.2, 0) is 19.5 Å². The minimum absolute atomic E-state index is 0. The van der Waals surface area contributed by atoms with Crippen molar-refractivity contribution >= 4 is 0 Å². The SMILES string of the molecule is [CH3-].[CH3-].[CH3-].[H-].[Li+].[Zn]. The van der Waals surface area contributed by atoms with Crippen LogP contribution >= 0.6 is 0 Å². The summed E-state index contributed by atoms with van der Waals surface area (Å²) < 4.78 is 0. The topological polar surface area (TPSA) is 0 Å². The molecule has 0 aromatic rings. The Morgan fingerprint density at radius 2 is 0.800 bits per heavy atom. The van der Waals surface area contributed by atoms with Gasteiger partial charge in [-0.1, -0.05) is 0 Å². The van der Waals surface area contributed by atoms with E-state index >= 15 is 0 Å². The van der Waals surface area contributed by atoms with Gasteiger partial charge in [-0.05, 0) is 0 Å². The third-order valence-corrected chi connectivity index (χ3v) is 0.